The first-order chi connectivity index (χ1) is 7.95. The lowest BCUT2D eigenvalue weighted by Gasteiger charge is -2.31. The quantitative estimate of drug-likeness (QED) is 0.849. The fraction of sp³-hybridized carbons (Fsp3) is 0.600. The molecule has 0 fully saturated rings. The molecule has 2 heteroatoms. The molecule has 0 amide bonds. The third-order valence-electron chi connectivity index (χ3n) is 4.15. The Labute approximate surface area is 104 Å². The molecule has 2 unspecified atom stereocenters. The number of hydrogen-bond donors (Lipinski definition) is 1. The average Bonchev–Trinajstić information content (AvgIpc) is 2.33. The molecule has 94 valence electrons. The molecule has 1 heterocycles. The Balaban J connectivity index is 2.42. The summed E-state index contributed by atoms with van der Waals surface area (Å²) in [6, 6.07) is 6.59. The highest BCUT2D eigenvalue weighted by Gasteiger charge is 2.27. The van der Waals surface area contributed by atoms with Crippen LogP contribution in [0, 0.1) is 5.92 Å². The van der Waals surface area contributed by atoms with Crippen LogP contribution in [0.25, 0.3) is 0 Å². The lowest BCUT2D eigenvalue weighted by atomic mass is 9.80. The maximum absolute atomic E-state index is 6.26. The molecule has 0 saturated carbocycles. The Morgan fingerprint density at radius 3 is 2.76 bits per heavy atom. The van der Waals surface area contributed by atoms with Crippen molar-refractivity contribution in [3.05, 3.63) is 29.3 Å². The normalized spacial score (nSPS) is 24.1. The van der Waals surface area contributed by atoms with Gasteiger partial charge in [-0.1, -0.05) is 33.8 Å². The summed E-state index contributed by atoms with van der Waals surface area (Å²) in [7, 11) is 0. The van der Waals surface area contributed by atoms with Crippen molar-refractivity contribution in [1.82, 2.24) is 0 Å². The Bertz CT molecular complexity index is 411. The highest BCUT2D eigenvalue weighted by Crippen LogP contribution is 2.37. The standard InChI is InChI=1S/C15H23NO/c1-5-15(3,4)11-6-7-13-12(8-11)14(16)10(2)9-17-13/h6-8,10,14H,5,9,16H2,1-4H3. The minimum Gasteiger partial charge on any atom is -0.493 e. The van der Waals surface area contributed by atoms with Gasteiger partial charge in [0.1, 0.15) is 5.75 Å². The van der Waals surface area contributed by atoms with Crippen molar-refractivity contribution in [2.75, 3.05) is 6.61 Å². The molecule has 1 aliphatic rings. The van der Waals surface area contributed by atoms with Gasteiger partial charge >= 0.3 is 0 Å². The van der Waals surface area contributed by atoms with Gasteiger partial charge in [0.15, 0.2) is 0 Å². The predicted octanol–water partition coefficient (Wildman–Crippen LogP) is 3.40. The molecule has 1 aromatic carbocycles. The molecule has 17 heavy (non-hydrogen) atoms. The van der Waals surface area contributed by atoms with Crippen LogP contribution in [0.1, 0.15) is 51.3 Å². The minimum atomic E-state index is 0.103. The van der Waals surface area contributed by atoms with Gasteiger partial charge in [0, 0.05) is 17.5 Å². The molecular weight excluding hydrogens is 210 g/mol. The van der Waals surface area contributed by atoms with Crippen molar-refractivity contribution in [1.29, 1.82) is 0 Å². The predicted molar refractivity (Wildman–Crippen MR) is 71.3 cm³/mol. The van der Waals surface area contributed by atoms with E-state index in [9.17, 15) is 0 Å². The number of hydrogen-bond acceptors (Lipinski definition) is 2. The van der Waals surface area contributed by atoms with Crippen molar-refractivity contribution in [3.8, 4) is 5.75 Å². The second-order valence-corrected chi connectivity index (χ2v) is 5.80. The van der Waals surface area contributed by atoms with Gasteiger partial charge in [-0.2, -0.15) is 0 Å². The van der Waals surface area contributed by atoms with Crippen LogP contribution in [0.5, 0.6) is 5.75 Å². The highest BCUT2D eigenvalue weighted by atomic mass is 16.5. The SMILES string of the molecule is CCC(C)(C)c1ccc2c(c1)C(N)C(C)CO2. The first-order valence-electron chi connectivity index (χ1n) is 6.48. The number of fused-ring (bicyclic) bond motifs is 1. The summed E-state index contributed by atoms with van der Waals surface area (Å²) < 4.78 is 5.73. The van der Waals surface area contributed by atoms with E-state index in [1.165, 1.54) is 11.1 Å². The summed E-state index contributed by atoms with van der Waals surface area (Å²) in [4.78, 5) is 0. The number of ether oxygens (including phenoxy) is 1. The molecule has 0 spiro atoms. The summed E-state index contributed by atoms with van der Waals surface area (Å²) in [6.07, 6.45) is 1.12. The molecule has 0 aliphatic carbocycles. The minimum absolute atomic E-state index is 0.103. The Kier molecular flexibility index (Phi) is 3.17. The molecule has 2 nitrogen and oxygen atoms in total. The van der Waals surface area contributed by atoms with E-state index in [0.717, 1.165) is 18.8 Å². The van der Waals surface area contributed by atoms with E-state index in [0.29, 0.717) is 5.92 Å². The maximum Gasteiger partial charge on any atom is 0.124 e. The van der Waals surface area contributed by atoms with Crippen LogP contribution >= 0.6 is 0 Å². The van der Waals surface area contributed by atoms with E-state index in [4.69, 9.17) is 10.5 Å². The van der Waals surface area contributed by atoms with Gasteiger partial charge in [-0.05, 0) is 29.5 Å². The smallest absolute Gasteiger partial charge is 0.124 e. The van der Waals surface area contributed by atoms with Crippen molar-refractivity contribution in [2.24, 2.45) is 11.7 Å². The molecule has 2 rings (SSSR count). The van der Waals surface area contributed by atoms with E-state index in [2.05, 4.69) is 45.9 Å². The Morgan fingerprint density at radius 2 is 2.12 bits per heavy atom. The van der Waals surface area contributed by atoms with Crippen LogP contribution in [0.4, 0.5) is 0 Å². The van der Waals surface area contributed by atoms with Crippen LogP contribution in [-0.4, -0.2) is 6.61 Å². The molecule has 2 N–H and O–H groups in total. The molecule has 2 atom stereocenters. The summed E-state index contributed by atoms with van der Waals surface area (Å²) in [6.45, 7) is 9.63. The fourth-order valence-electron chi connectivity index (χ4n) is 2.20. The second-order valence-electron chi connectivity index (χ2n) is 5.80. The first kappa shape index (κ1) is 12.4. The fourth-order valence-corrected chi connectivity index (χ4v) is 2.20. The molecule has 0 aromatic heterocycles. The summed E-state index contributed by atoms with van der Waals surface area (Å²) >= 11 is 0. The summed E-state index contributed by atoms with van der Waals surface area (Å²) in [5, 5.41) is 0. The second kappa shape index (κ2) is 4.34. The van der Waals surface area contributed by atoms with Gasteiger partial charge in [-0.15, -0.1) is 0 Å². The zero-order valence-electron chi connectivity index (χ0n) is 11.3. The lowest BCUT2D eigenvalue weighted by Crippen LogP contribution is -2.30. The number of nitrogens with two attached hydrogens (primary N) is 1. The van der Waals surface area contributed by atoms with Crippen molar-refractivity contribution >= 4 is 0 Å². The summed E-state index contributed by atoms with van der Waals surface area (Å²) in [5.74, 6) is 1.36. The molecule has 1 aliphatic heterocycles. The van der Waals surface area contributed by atoms with Gasteiger partial charge in [0.05, 0.1) is 6.61 Å². The van der Waals surface area contributed by atoms with Gasteiger partial charge in [-0.3, -0.25) is 0 Å². The first-order valence-corrected chi connectivity index (χ1v) is 6.48. The highest BCUT2D eigenvalue weighted by molar-refractivity contribution is 5.43. The van der Waals surface area contributed by atoms with Crippen LogP contribution < -0.4 is 10.5 Å². The maximum atomic E-state index is 6.26. The summed E-state index contributed by atoms with van der Waals surface area (Å²) in [5.41, 5.74) is 8.99. The van der Waals surface area contributed by atoms with E-state index in [-0.39, 0.29) is 11.5 Å². The average molecular weight is 233 g/mol. The monoisotopic (exact) mass is 233 g/mol. The Hall–Kier alpha value is -1.02. The van der Waals surface area contributed by atoms with Crippen LogP contribution in [-0.2, 0) is 5.41 Å². The molecule has 0 bridgehead atoms. The van der Waals surface area contributed by atoms with Gasteiger partial charge in [-0.25, -0.2) is 0 Å². The van der Waals surface area contributed by atoms with Gasteiger partial charge in [0.25, 0.3) is 0 Å². The van der Waals surface area contributed by atoms with Crippen molar-refractivity contribution < 1.29 is 4.74 Å². The molecule has 1 aromatic rings. The Morgan fingerprint density at radius 1 is 1.41 bits per heavy atom. The topological polar surface area (TPSA) is 35.2 Å². The number of rotatable bonds is 2. The van der Waals surface area contributed by atoms with E-state index < -0.39 is 0 Å². The molecule has 0 radical (unpaired) electrons. The lowest BCUT2D eigenvalue weighted by molar-refractivity contribution is 0.207. The van der Waals surface area contributed by atoms with Crippen LogP contribution in [0.15, 0.2) is 18.2 Å². The van der Waals surface area contributed by atoms with E-state index >= 15 is 0 Å². The van der Waals surface area contributed by atoms with Crippen molar-refractivity contribution in [2.45, 2.75) is 45.6 Å². The zero-order chi connectivity index (χ0) is 12.6. The van der Waals surface area contributed by atoms with Gasteiger partial charge < -0.3 is 10.5 Å². The van der Waals surface area contributed by atoms with Crippen LogP contribution in [0.3, 0.4) is 0 Å². The molecular formula is C15H23NO. The zero-order valence-corrected chi connectivity index (χ0v) is 11.3. The molecule has 0 saturated heterocycles. The number of benzene rings is 1. The third kappa shape index (κ3) is 2.19. The van der Waals surface area contributed by atoms with Crippen molar-refractivity contribution in [3.63, 3.8) is 0 Å². The van der Waals surface area contributed by atoms with Crippen LogP contribution in [0.2, 0.25) is 0 Å². The van der Waals surface area contributed by atoms with Gasteiger partial charge in [0.2, 0.25) is 0 Å². The van der Waals surface area contributed by atoms with E-state index in [1.54, 1.807) is 0 Å². The third-order valence-corrected chi connectivity index (χ3v) is 4.15. The largest absolute Gasteiger partial charge is 0.493 e. The van der Waals surface area contributed by atoms with E-state index in [1.807, 2.05) is 0 Å².